The standard InChI is InChI=1S/C16H28N2/c1-5-18(6-2)12-15-9-7-14(8-10-15)11-16(17)13(3)4/h7-10,13,16H,5-6,11-12,17H2,1-4H3. The van der Waals surface area contributed by atoms with E-state index in [0.717, 1.165) is 26.1 Å². The summed E-state index contributed by atoms with van der Waals surface area (Å²) in [6, 6.07) is 9.18. The second-order valence-electron chi connectivity index (χ2n) is 5.39. The molecule has 0 amide bonds. The fourth-order valence-corrected chi connectivity index (χ4v) is 1.99. The van der Waals surface area contributed by atoms with Crippen LogP contribution < -0.4 is 5.73 Å². The third kappa shape index (κ3) is 4.79. The molecule has 2 N–H and O–H groups in total. The number of rotatable bonds is 7. The summed E-state index contributed by atoms with van der Waals surface area (Å²) in [4.78, 5) is 2.43. The Morgan fingerprint density at radius 2 is 1.50 bits per heavy atom. The number of hydrogen-bond acceptors (Lipinski definition) is 2. The minimum Gasteiger partial charge on any atom is -0.327 e. The van der Waals surface area contributed by atoms with Gasteiger partial charge in [0.05, 0.1) is 0 Å². The zero-order chi connectivity index (χ0) is 13.5. The first-order chi connectivity index (χ1) is 8.56. The van der Waals surface area contributed by atoms with E-state index in [2.05, 4.69) is 56.9 Å². The van der Waals surface area contributed by atoms with Crippen molar-refractivity contribution in [2.24, 2.45) is 11.7 Å². The van der Waals surface area contributed by atoms with E-state index >= 15 is 0 Å². The van der Waals surface area contributed by atoms with Crippen molar-refractivity contribution in [2.45, 2.75) is 46.7 Å². The summed E-state index contributed by atoms with van der Waals surface area (Å²) < 4.78 is 0. The van der Waals surface area contributed by atoms with Crippen LogP contribution in [-0.4, -0.2) is 24.0 Å². The van der Waals surface area contributed by atoms with Crippen LogP contribution in [0.15, 0.2) is 24.3 Å². The molecule has 0 heterocycles. The van der Waals surface area contributed by atoms with Crippen LogP contribution in [0, 0.1) is 5.92 Å². The Balaban J connectivity index is 2.57. The van der Waals surface area contributed by atoms with Gasteiger partial charge < -0.3 is 5.73 Å². The maximum atomic E-state index is 6.10. The molecule has 0 radical (unpaired) electrons. The average molecular weight is 248 g/mol. The molecule has 18 heavy (non-hydrogen) atoms. The molecule has 1 unspecified atom stereocenters. The minimum atomic E-state index is 0.263. The number of benzene rings is 1. The largest absolute Gasteiger partial charge is 0.327 e. The van der Waals surface area contributed by atoms with E-state index in [1.54, 1.807) is 0 Å². The molecule has 0 saturated carbocycles. The Morgan fingerprint density at radius 3 is 1.94 bits per heavy atom. The van der Waals surface area contributed by atoms with Crippen LogP contribution in [0.3, 0.4) is 0 Å². The van der Waals surface area contributed by atoms with Crippen molar-refractivity contribution in [3.63, 3.8) is 0 Å². The van der Waals surface area contributed by atoms with Crippen molar-refractivity contribution >= 4 is 0 Å². The molecule has 2 nitrogen and oxygen atoms in total. The van der Waals surface area contributed by atoms with Crippen LogP contribution in [0.4, 0.5) is 0 Å². The third-order valence-corrected chi connectivity index (χ3v) is 3.65. The van der Waals surface area contributed by atoms with E-state index in [0.29, 0.717) is 5.92 Å². The van der Waals surface area contributed by atoms with Crippen molar-refractivity contribution in [2.75, 3.05) is 13.1 Å². The van der Waals surface area contributed by atoms with E-state index in [9.17, 15) is 0 Å². The summed E-state index contributed by atoms with van der Waals surface area (Å²) in [7, 11) is 0. The first kappa shape index (κ1) is 15.2. The highest BCUT2D eigenvalue weighted by atomic mass is 15.1. The van der Waals surface area contributed by atoms with Crippen LogP contribution >= 0.6 is 0 Å². The lowest BCUT2D eigenvalue weighted by Crippen LogP contribution is -2.28. The highest BCUT2D eigenvalue weighted by Gasteiger charge is 2.08. The normalized spacial score (nSPS) is 13.3. The van der Waals surface area contributed by atoms with Crippen LogP contribution in [0.1, 0.15) is 38.8 Å². The second-order valence-corrected chi connectivity index (χ2v) is 5.39. The Labute approximate surface area is 112 Å². The van der Waals surface area contributed by atoms with Gasteiger partial charge in [0.1, 0.15) is 0 Å². The highest BCUT2D eigenvalue weighted by molar-refractivity contribution is 5.23. The maximum Gasteiger partial charge on any atom is 0.0233 e. The van der Waals surface area contributed by atoms with Gasteiger partial charge in [-0.3, -0.25) is 4.90 Å². The molecule has 0 aliphatic heterocycles. The molecule has 0 spiro atoms. The Bertz CT molecular complexity index is 302. The zero-order valence-corrected chi connectivity index (χ0v) is 12.3. The molecule has 0 aromatic heterocycles. The fourth-order valence-electron chi connectivity index (χ4n) is 1.99. The van der Waals surface area contributed by atoms with Gasteiger partial charge in [-0.25, -0.2) is 0 Å². The van der Waals surface area contributed by atoms with Gasteiger partial charge in [0.15, 0.2) is 0 Å². The number of hydrogen-bond donors (Lipinski definition) is 1. The molecular formula is C16H28N2. The van der Waals surface area contributed by atoms with Gasteiger partial charge in [-0.05, 0) is 36.6 Å². The molecule has 1 rings (SSSR count). The van der Waals surface area contributed by atoms with Gasteiger partial charge in [-0.15, -0.1) is 0 Å². The van der Waals surface area contributed by atoms with E-state index in [-0.39, 0.29) is 6.04 Å². The first-order valence-corrected chi connectivity index (χ1v) is 7.12. The summed E-state index contributed by atoms with van der Waals surface area (Å²) in [6.45, 7) is 12.0. The lowest BCUT2D eigenvalue weighted by Gasteiger charge is -2.19. The maximum absolute atomic E-state index is 6.10. The van der Waals surface area contributed by atoms with E-state index in [1.807, 2.05) is 0 Å². The smallest absolute Gasteiger partial charge is 0.0233 e. The Hall–Kier alpha value is -0.860. The van der Waals surface area contributed by atoms with Gasteiger partial charge in [0, 0.05) is 12.6 Å². The first-order valence-electron chi connectivity index (χ1n) is 7.12. The molecule has 1 aromatic rings. The molecular weight excluding hydrogens is 220 g/mol. The lowest BCUT2D eigenvalue weighted by atomic mass is 9.97. The molecule has 102 valence electrons. The molecule has 1 aromatic carbocycles. The molecule has 0 aliphatic carbocycles. The van der Waals surface area contributed by atoms with Crippen molar-refractivity contribution in [3.8, 4) is 0 Å². The second kappa shape index (κ2) is 7.55. The molecule has 2 heteroatoms. The number of nitrogens with zero attached hydrogens (tertiary/aromatic N) is 1. The number of nitrogens with two attached hydrogens (primary N) is 1. The molecule has 0 aliphatic rings. The van der Waals surface area contributed by atoms with E-state index in [4.69, 9.17) is 5.73 Å². The Kier molecular flexibility index (Phi) is 6.37. The van der Waals surface area contributed by atoms with Crippen LogP contribution in [0.5, 0.6) is 0 Å². The van der Waals surface area contributed by atoms with Gasteiger partial charge in [-0.2, -0.15) is 0 Å². The molecule has 0 bridgehead atoms. The lowest BCUT2D eigenvalue weighted by molar-refractivity contribution is 0.296. The molecule has 0 fully saturated rings. The predicted octanol–water partition coefficient (Wildman–Crippen LogP) is 3.05. The minimum absolute atomic E-state index is 0.263. The van der Waals surface area contributed by atoms with Crippen molar-refractivity contribution in [1.29, 1.82) is 0 Å². The van der Waals surface area contributed by atoms with E-state index in [1.165, 1.54) is 11.1 Å². The van der Waals surface area contributed by atoms with Crippen LogP contribution in [0.2, 0.25) is 0 Å². The molecule has 0 saturated heterocycles. The van der Waals surface area contributed by atoms with Crippen LogP contribution in [-0.2, 0) is 13.0 Å². The Morgan fingerprint density at radius 1 is 1.00 bits per heavy atom. The zero-order valence-electron chi connectivity index (χ0n) is 12.3. The van der Waals surface area contributed by atoms with Crippen LogP contribution in [0.25, 0.3) is 0 Å². The quantitative estimate of drug-likeness (QED) is 0.803. The third-order valence-electron chi connectivity index (χ3n) is 3.65. The average Bonchev–Trinajstić information content (AvgIpc) is 2.37. The molecule has 1 atom stereocenters. The summed E-state index contributed by atoms with van der Waals surface area (Å²) in [5.41, 5.74) is 8.84. The highest BCUT2D eigenvalue weighted by Crippen LogP contribution is 2.11. The van der Waals surface area contributed by atoms with Crippen molar-refractivity contribution in [3.05, 3.63) is 35.4 Å². The van der Waals surface area contributed by atoms with Gasteiger partial charge in [0.25, 0.3) is 0 Å². The van der Waals surface area contributed by atoms with Gasteiger partial charge in [0.2, 0.25) is 0 Å². The van der Waals surface area contributed by atoms with Gasteiger partial charge in [-0.1, -0.05) is 52.0 Å². The van der Waals surface area contributed by atoms with E-state index < -0.39 is 0 Å². The van der Waals surface area contributed by atoms with Crippen molar-refractivity contribution < 1.29 is 0 Å². The summed E-state index contributed by atoms with van der Waals surface area (Å²) in [5.74, 6) is 0.542. The fraction of sp³-hybridized carbons (Fsp3) is 0.625. The summed E-state index contributed by atoms with van der Waals surface area (Å²) in [5, 5.41) is 0. The predicted molar refractivity (Wildman–Crippen MR) is 79.6 cm³/mol. The summed E-state index contributed by atoms with van der Waals surface area (Å²) >= 11 is 0. The summed E-state index contributed by atoms with van der Waals surface area (Å²) in [6.07, 6.45) is 0.975. The SMILES string of the molecule is CCN(CC)Cc1ccc(CC(N)C(C)C)cc1. The van der Waals surface area contributed by atoms with Crippen molar-refractivity contribution in [1.82, 2.24) is 4.90 Å². The topological polar surface area (TPSA) is 29.3 Å². The van der Waals surface area contributed by atoms with Gasteiger partial charge >= 0.3 is 0 Å². The monoisotopic (exact) mass is 248 g/mol.